The van der Waals surface area contributed by atoms with Crippen molar-refractivity contribution in [2.45, 2.75) is 58.0 Å². The van der Waals surface area contributed by atoms with Crippen molar-refractivity contribution in [2.75, 3.05) is 6.61 Å². The average Bonchev–Trinajstić information content (AvgIpc) is 2.52. The molecule has 0 radical (unpaired) electrons. The van der Waals surface area contributed by atoms with Crippen molar-refractivity contribution in [3.63, 3.8) is 0 Å². The third-order valence-electron chi connectivity index (χ3n) is 3.20. The quantitative estimate of drug-likeness (QED) is 0.686. The molecular weight excluding hydrogens is 162 g/mol. The lowest BCUT2D eigenvalue weighted by Gasteiger charge is -2.18. The maximum Gasteiger partial charge on any atom is 0.0445 e. The van der Waals surface area contributed by atoms with Gasteiger partial charge in [-0.05, 0) is 38.5 Å². The fourth-order valence-corrected chi connectivity index (χ4v) is 2.28. The fraction of sp³-hybridized carbons (Fsp3) is 1.00. The van der Waals surface area contributed by atoms with Crippen molar-refractivity contribution in [3.8, 4) is 0 Å². The van der Waals surface area contributed by atoms with Crippen molar-refractivity contribution < 1.29 is 5.11 Å². The first-order valence-electron chi connectivity index (χ1n) is 5.63. The minimum Gasteiger partial charge on any atom is -0.396 e. The van der Waals surface area contributed by atoms with Gasteiger partial charge in [-0.25, -0.2) is 0 Å². The van der Waals surface area contributed by atoms with E-state index >= 15 is 0 Å². The predicted octanol–water partition coefficient (Wildman–Crippen LogP) is 1.93. The van der Waals surface area contributed by atoms with Gasteiger partial charge in [0, 0.05) is 18.7 Å². The fourth-order valence-electron chi connectivity index (χ4n) is 2.28. The van der Waals surface area contributed by atoms with Crippen molar-refractivity contribution >= 4 is 0 Å². The summed E-state index contributed by atoms with van der Waals surface area (Å²) >= 11 is 0. The summed E-state index contributed by atoms with van der Waals surface area (Å²) in [6, 6.07) is 1.19. The Labute approximate surface area is 81.7 Å². The highest BCUT2D eigenvalue weighted by molar-refractivity contribution is 4.81. The Morgan fingerprint density at radius 1 is 1.46 bits per heavy atom. The number of hydrogen-bond donors (Lipinski definition) is 2. The van der Waals surface area contributed by atoms with Gasteiger partial charge in [-0.2, -0.15) is 0 Å². The van der Waals surface area contributed by atoms with Gasteiger partial charge >= 0.3 is 0 Å². The second kappa shape index (κ2) is 5.61. The van der Waals surface area contributed by atoms with Crippen LogP contribution in [0.25, 0.3) is 0 Å². The Balaban J connectivity index is 2.16. The molecule has 0 aromatic carbocycles. The van der Waals surface area contributed by atoms with Crippen LogP contribution in [0.3, 0.4) is 0 Å². The van der Waals surface area contributed by atoms with E-state index in [1.807, 2.05) is 0 Å². The summed E-state index contributed by atoms with van der Waals surface area (Å²) in [5.74, 6) is 0.943. The highest BCUT2D eigenvalue weighted by Gasteiger charge is 2.23. The summed E-state index contributed by atoms with van der Waals surface area (Å²) in [7, 11) is 0. The molecule has 0 spiro atoms. The van der Waals surface area contributed by atoms with E-state index in [2.05, 4.69) is 19.2 Å². The van der Waals surface area contributed by atoms with Gasteiger partial charge in [-0.15, -0.1) is 0 Å². The first-order valence-corrected chi connectivity index (χ1v) is 5.63. The Hall–Kier alpha value is -0.0800. The van der Waals surface area contributed by atoms with E-state index in [-0.39, 0.29) is 0 Å². The van der Waals surface area contributed by atoms with Crippen LogP contribution in [-0.4, -0.2) is 23.8 Å². The third kappa shape index (κ3) is 3.65. The van der Waals surface area contributed by atoms with E-state index in [9.17, 15) is 0 Å². The van der Waals surface area contributed by atoms with Crippen LogP contribution in [0.1, 0.15) is 46.0 Å². The molecule has 1 aliphatic rings. The van der Waals surface area contributed by atoms with Gasteiger partial charge in [0.2, 0.25) is 0 Å². The van der Waals surface area contributed by atoms with E-state index in [1.165, 1.54) is 25.7 Å². The molecule has 0 aromatic rings. The van der Waals surface area contributed by atoms with Crippen LogP contribution in [0.15, 0.2) is 0 Å². The molecule has 0 amide bonds. The second-order valence-corrected chi connectivity index (χ2v) is 4.36. The zero-order valence-corrected chi connectivity index (χ0v) is 8.92. The van der Waals surface area contributed by atoms with Crippen molar-refractivity contribution in [1.29, 1.82) is 0 Å². The van der Waals surface area contributed by atoms with E-state index in [0.29, 0.717) is 18.7 Å². The van der Waals surface area contributed by atoms with Crippen LogP contribution in [0.5, 0.6) is 0 Å². The molecule has 1 fully saturated rings. The Kier molecular flexibility index (Phi) is 4.74. The van der Waals surface area contributed by atoms with Crippen LogP contribution >= 0.6 is 0 Å². The molecule has 0 bridgehead atoms. The van der Waals surface area contributed by atoms with Crippen LogP contribution in [0.2, 0.25) is 0 Å². The van der Waals surface area contributed by atoms with Gasteiger partial charge < -0.3 is 10.4 Å². The lowest BCUT2D eigenvalue weighted by Crippen LogP contribution is -2.35. The molecule has 13 heavy (non-hydrogen) atoms. The smallest absolute Gasteiger partial charge is 0.0445 e. The molecule has 0 saturated heterocycles. The number of aliphatic hydroxyl groups is 1. The van der Waals surface area contributed by atoms with Gasteiger partial charge in [0.25, 0.3) is 0 Å². The van der Waals surface area contributed by atoms with Crippen LogP contribution in [0.4, 0.5) is 0 Å². The largest absolute Gasteiger partial charge is 0.396 e. The standard InChI is InChI=1S/C11H23NO/c1-3-10-4-5-11(8-10)12-9(2)6-7-13/h9-13H,3-8H2,1-2H3/t9-,10?,11?/m1/s1. The van der Waals surface area contributed by atoms with E-state index in [0.717, 1.165) is 12.3 Å². The molecule has 0 aromatic heterocycles. The van der Waals surface area contributed by atoms with Crippen molar-refractivity contribution in [2.24, 2.45) is 5.92 Å². The van der Waals surface area contributed by atoms with Crippen molar-refractivity contribution in [1.82, 2.24) is 5.32 Å². The van der Waals surface area contributed by atoms with Gasteiger partial charge in [0.15, 0.2) is 0 Å². The minimum atomic E-state index is 0.304. The maximum atomic E-state index is 8.77. The molecule has 0 heterocycles. The summed E-state index contributed by atoms with van der Waals surface area (Å²) in [5.41, 5.74) is 0. The Morgan fingerprint density at radius 3 is 2.77 bits per heavy atom. The maximum absolute atomic E-state index is 8.77. The third-order valence-corrected chi connectivity index (χ3v) is 3.20. The molecule has 2 unspecified atom stereocenters. The summed E-state index contributed by atoms with van der Waals surface area (Å²) in [6.07, 6.45) is 6.26. The number of rotatable bonds is 5. The van der Waals surface area contributed by atoms with Crippen molar-refractivity contribution in [3.05, 3.63) is 0 Å². The normalized spacial score (nSPS) is 30.7. The van der Waals surface area contributed by atoms with Crippen LogP contribution in [0, 0.1) is 5.92 Å². The Morgan fingerprint density at radius 2 is 2.23 bits per heavy atom. The zero-order valence-electron chi connectivity index (χ0n) is 8.92. The summed E-state index contributed by atoms with van der Waals surface area (Å²) in [6.45, 7) is 4.75. The minimum absolute atomic E-state index is 0.304. The Bertz CT molecular complexity index is 138. The highest BCUT2D eigenvalue weighted by Crippen LogP contribution is 2.28. The van der Waals surface area contributed by atoms with E-state index in [4.69, 9.17) is 5.11 Å². The molecule has 1 aliphatic carbocycles. The first-order chi connectivity index (χ1) is 6.26. The average molecular weight is 185 g/mol. The SMILES string of the molecule is CCC1CCC(N[C@H](C)CCO)C1. The summed E-state index contributed by atoms with van der Waals surface area (Å²) in [4.78, 5) is 0. The predicted molar refractivity (Wildman–Crippen MR) is 55.7 cm³/mol. The van der Waals surface area contributed by atoms with Crippen LogP contribution < -0.4 is 5.32 Å². The van der Waals surface area contributed by atoms with Gasteiger partial charge in [0.1, 0.15) is 0 Å². The first kappa shape index (κ1) is 11.0. The summed E-state index contributed by atoms with van der Waals surface area (Å²) < 4.78 is 0. The van der Waals surface area contributed by atoms with E-state index in [1.54, 1.807) is 0 Å². The molecule has 1 rings (SSSR count). The number of hydrogen-bond acceptors (Lipinski definition) is 2. The molecule has 78 valence electrons. The molecule has 1 saturated carbocycles. The lowest BCUT2D eigenvalue weighted by molar-refractivity contribution is 0.262. The van der Waals surface area contributed by atoms with Crippen LogP contribution in [-0.2, 0) is 0 Å². The molecule has 0 aliphatic heterocycles. The molecular formula is C11H23NO. The molecule has 2 N–H and O–H groups in total. The number of nitrogens with one attached hydrogen (secondary N) is 1. The zero-order chi connectivity index (χ0) is 9.68. The topological polar surface area (TPSA) is 32.3 Å². The highest BCUT2D eigenvalue weighted by atomic mass is 16.3. The molecule has 3 atom stereocenters. The lowest BCUT2D eigenvalue weighted by atomic mass is 10.1. The monoisotopic (exact) mass is 185 g/mol. The molecule has 2 heteroatoms. The van der Waals surface area contributed by atoms with Gasteiger partial charge in [-0.1, -0.05) is 13.3 Å². The second-order valence-electron chi connectivity index (χ2n) is 4.36. The molecule has 2 nitrogen and oxygen atoms in total. The number of aliphatic hydroxyl groups excluding tert-OH is 1. The van der Waals surface area contributed by atoms with Gasteiger partial charge in [0.05, 0.1) is 0 Å². The van der Waals surface area contributed by atoms with E-state index < -0.39 is 0 Å². The van der Waals surface area contributed by atoms with Gasteiger partial charge in [-0.3, -0.25) is 0 Å². The summed E-state index contributed by atoms with van der Waals surface area (Å²) in [5, 5.41) is 12.4.